The molecule has 156 valence electrons. The molecule has 1 aromatic heterocycles. The lowest BCUT2D eigenvalue weighted by Crippen LogP contribution is -2.40. The van der Waals surface area contributed by atoms with Gasteiger partial charge in [0, 0.05) is 10.9 Å². The zero-order chi connectivity index (χ0) is 21.8. The van der Waals surface area contributed by atoms with Crippen molar-refractivity contribution in [1.29, 1.82) is 0 Å². The fraction of sp³-hybridized carbons (Fsp3) is 0.154. The molecule has 0 saturated heterocycles. The minimum absolute atomic E-state index is 0.259. The Morgan fingerprint density at radius 1 is 0.968 bits per heavy atom. The summed E-state index contributed by atoms with van der Waals surface area (Å²) >= 11 is 0. The lowest BCUT2D eigenvalue weighted by Gasteiger charge is -2.28. The number of aromatic nitrogens is 1. The van der Waals surface area contributed by atoms with Crippen LogP contribution in [0.4, 0.5) is 0 Å². The minimum atomic E-state index is -0.302. The SMILES string of the molecule is CCC(c1ccccc1)N(N)C(=O)c1c(OC)c(-c2ccccc2)nc2ccccc12. The summed E-state index contributed by atoms with van der Waals surface area (Å²) in [4.78, 5) is 18.6. The van der Waals surface area contributed by atoms with E-state index >= 15 is 0 Å². The number of ether oxygens (including phenoxy) is 1. The molecule has 1 heterocycles. The lowest BCUT2D eigenvalue weighted by atomic mass is 9.99. The smallest absolute Gasteiger partial charge is 0.272 e. The van der Waals surface area contributed by atoms with E-state index in [9.17, 15) is 4.79 Å². The topological polar surface area (TPSA) is 68.5 Å². The van der Waals surface area contributed by atoms with Crippen LogP contribution in [0, 0.1) is 0 Å². The predicted molar refractivity (Wildman–Crippen MR) is 124 cm³/mol. The third-order valence-electron chi connectivity index (χ3n) is 5.45. The van der Waals surface area contributed by atoms with Gasteiger partial charge in [0.2, 0.25) is 0 Å². The number of amides is 1. The first-order valence-electron chi connectivity index (χ1n) is 10.3. The van der Waals surface area contributed by atoms with Gasteiger partial charge in [-0.25, -0.2) is 10.8 Å². The standard InChI is InChI=1S/C26H25N3O2/c1-3-22(18-12-6-4-7-13-18)29(27)26(30)23-20-16-10-11-17-21(20)28-24(25(23)31-2)19-14-8-5-9-15-19/h4-17,22H,3,27H2,1-2H3. The Morgan fingerprint density at radius 3 is 2.23 bits per heavy atom. The molecule has 0 bridgehead atoms. The molecule has 5 nitrogen and oxygen atoms in total. The Balaban J connectivity index is 1.90. The second-order valence-electron chi connectivity index (χ2n) is 7.30. The van der Waals surface area contributed by atoms with E-state index in [1.807, 2.05) is 91.9 Å². The molecule has 4 aromatic rings. The van der Waals surface area contributed by atoms with Gasteiger partial charge in [-0.2, -0.15) is 0 Å². The Bertz CT molecular complexity index is 1190. The first kappa shape index (κ1) is 20.6. The minimum Gasteiger partial charge on any atom is -0.494 e. The van der Waals surface area contributed by atoms with Gasteiger partial charge in [0.15, 0.2) is 5.75 Å². The van der Waals surface area contributed by atoms with Gasteiger partial charge in [-0.3, -0.25) is 9.80 Å². The number of benzene rings is 3. The summed E-state index contributed by atoms with van der Waals surface area (Å²) in [5.41, 5.74) is 3.61. The summed E-state index contributed by atoms with van der Waals surface area (Å²) in [6, 6.07) is 26.8. The number of nitrogens with zero attached hydrogens (tertiary/aromatic N) is 2. The Labute approximate surface area is 182 Å². The van der Waals surface area contributed by atoms with E-state index < -0.39 is 0 Å². The van der Waals surface area contributed by atoms with Crippen LogP contribution in [-0.2, 0) is 0 Å². The van der Waals surface area contributed by atoms with Gasteiger partial charge in [-0.15, -0.1) is 0 Å². The van der Waals surface area contributed by atoms with E-state index in [1.165, 1.54) is 5.01 Å². The summed E-state index contributed by atoms with van der Waals surface area (Å²) in [6.45, 7) is 2.02. The maximum absolute atomic E-state index is 13.8. The monoisotopic (exact) mass is 411 g/mol. The van der Waals surface area contributed by atoms with Crippen LogP contribution in [0.1, 0.15) is 35.3 Å². The molecular weight excluding hydrogens is 386 g/mol. The first-order chi connectivity index (χ1) is 15.2. The first-order valence-corrected chi connectivity index (χ1v) is 10.3. The number of rotatable bonds is 6. The molecule has 0 aliphatic rings. The van der Waals surface area contributed by atoms with Crippen molar-refractivity contribution in [2.24, 2.45) is 5.84 Å². The van der Waals surface area contributed by atoms with Crippen molar-refractivity contribution >= 4 is 16.8 Å². The second kappa shape index (κ2) is 8.98. The number of hydrogen-bond acceptors (Lipinski definition) is 4. The largest absolute Gasteiger partial charge is 0.494 e. The van der Waals surface area contributed by atoms with Crippen molar-refractivity contribution in [2.75, 3.05) is 7.11 Å². The quantitative estimate of drug-likeness (QED) is 0.263. The van der Waals surface area contributed by atoms with Crippen molar-refractivity contribution in [3.05, 3.63) is 96.1 Å². The van der Waals surface area contributed by atoms with Gasteiger partial charge in [0.25, 0.3) is 5.91 Å². The number of carbonyl (C=O) groups excluding carboxylic acids is 1. The molecule has 1 amide bonds. The van der Waals surface area contributed by atoms with E-state index in [4.69, 9.17) is 15.6 Å². The van der Waals surface area contributed by atoms with Crippen LogP contribution < -0.4 is 10.6 Å². The molecule has 1 atom stereocenters. The normalized spacial score (nSPS) is 11.8. The molecule has 3 aromatic carbocycles. The van der Waals surface area contributed by atoms with Crippen molar-refractivity contribution < 1.29 is 9.53 Å². The highest BCUT2D eigenvalue weighted by molar-refractivity contribution is 6.10. The molecule has 0 radical (unpaired) electrons. The molecule has 0 saturated carbocycles. The van der Waals surface area contributed by atoms with Crippen LogP contribution in [0.2, 0.25) is 0 Å². The highest BCUT2D eigenvalue weighted by atomic mass is 16.5. The van der Waals surface area contributed by atoms with Gasteiger partial charge in [-0.05, 0) is 18.1 Å². The van der Waals surface area contributed by atoms with Gasteiger partial charge in [0.1, 0.15) is 5.69 Å². The van der Waals surface area contributed by atoms with Gasteiger partial charge in [0.05, 0.1) is 24.2 Å². The summed E-state index contributed by atoms with van der Waals surface area (Å²) in [5.74, 6) is 6.57. The molecule has 0 spiro atoms. The Hall–Kier alpha value is -3.70. The van der Waals surface area contributed by atoms with Crippen molar-refractivity contribution in [3.8, 4) is 17.0 Å². The lowest BCUT2D eigenvalue weighted by molar-refractivity contribution is 0.0669. The average molecular weight is 412 g/mol. The van der Waals surface area contributed by atoms with Gasteiger partial charge < -0.3 is 4.74 Å². The van der Waals surface area contributed by atoms with E-state index in [2.05, 4.69) is 0 Å². The zero-order valence-electron chi connectivity index (χ0n) is 17.7. The van der Waals surface area contributed by atoms with E-state index in [1.54, 1.807) is 7.11 Å². The highest BCUT2D eigenvalue weighted by Gasteiger charge is 2.29. The number of methoxy groups -OCH3 is 1. The number of carbonyl (C=O) groups is 1. The number of hydrazine groups is 1. The molecule has 31 heavy (non-hydrogen) atoms. The summed E-state index contributed by atoms with van der Waals surface area (Å²) in [7, 11) is 1.56. The third kappa shape index (κ3) is 3.88. The van der Waals surface area contributed by atoms with E-state index in [0.29, 0.717) is 34.3 Å². The van der Waals surface area contributed by atoms with Crippen LogP contribution in [0.15, 0.2) is 84.9 Å². The summed E-state index contributed by atoms with van der Waals surface area (Å²) in [6.07, 6.45) is 0.684. The van der Waals surface area contributed by atoms with Gasteiger partial charge >= 0.3 is 0 Å². The number of fused-ring (bicyclic) bond motifs is 1. The fourth-order valence-corrected chi connectivity index (χ4v) is 3.94. The van der Waals surface area contributed by atoms with Crippen molar-refractivity contribution in [2.45, 2.75) is 19.4 Å². The molecule has 5 heteroatoms. The highest BCUT2D eigenvalue weighted by Crippen LogP contribution is 2.37. The van der Waals surface area contributed by atoms with E-state index in [-0.39, 0.29) is 11.9 Å². The summed E-state index contributed by atoms with van der Waals surface area (Å²) < 4.78 is 5.76. The van der Waals surface area contributed by atoms with Crippen LogP contribution in [0.5, 0.6) is 5.75 Å². The Kier molecular flexibility index (Phi) is 5.96. The predicted octanol–water partition coefficient (Wildman–Crippen LogP) is 5.38. The molecule has 0 aliphatic heterocycles. The maximum atomic E-state index is 13.8. The van der Waals surface area contributed by atoms with Gasteiger partial charge in [-0.1, -0.05) is 85.8 Å². The van der Waals surface area contributed by atoms with Crippen LogP contribution in [0.3, 0.4) is 0 Å². The van der Waals surface area contributed by atoms with Crippen molar-refractivity contribution in [1.82, 2.24) is 9.99 Å². The Morgan fingerprint density at radius 2 is 1.58 bits per heavy atom. The molecule has 1 unspecified atom stereocenters. The molecule has 2 N–H and O–H groups in total. The molecule has 0 fully saturated rings. The van der Waals surface area contributed by atoms with Crippen LogP contribution in [0.25, 0.3) is 22.2 Å². The second-order valence-corrected chi connectivity index (χ2v) is 7.30. The molecule has 0 aliphatic carbocycles. The summed E-state index contributed by atoms with van der Waals surface area (Å²) in [5, 5.41) is 2.02. The molecular formula is C26H25N3O2. The maximum Gasteiger partial charge on any atom is 0.272 e. The fourth-order valence-electron chi connectivity index (χ4n) is 3.94. The molecule has 4 rings (SSSR count). The number of para-hydroxylation sites is 1. The van der Waals surface area contributed by atoms with Crippen molar-refractivity contribution in [3.63, 3.8) is 0 Å². The van der Waals surface area contributed by atoms with Crippen LogP contribution >= 0.6 is 0 Å². The number of pyridine rings is 1. The van der Waals surface area contributed by atoms with Crippen LogP contribution in [-0.4, -0.2) is 23.0 Å². The van der Waals surface area contributed by atoms with E-state index in [0.717, 1.165) is 11.1 Å². The zero-order valence-corrected chi connectivity index (χ0v) is 17.7. The average Bonchev–Trinajstić information content (AvgIpc) is 2.84. The third-order valence-corrected chi connectivity index (χ3v) is 5.45. The number of nitrogens with two attached hydrogens (primary N) is 1. The number of hydrogen-bond donors (Lipinski definition) is 1.